The van der Waals surface area contributed by atoms with Gasteiger partial charge in [-0.15, -0.1) is 0 Å². The van der Waals surface area contributed by atoms with Gasteiger partial charge in [-0.2, -0.15) is 14.0 Å². The molecule has 0 saturated carbocycles. The number of hydrogen-bond acceptors (Lipinski definition) is 6. The van der Waals surface area contributed by atoms with Crippen LogP contribution in [-0.2, 0) is 12.5 Å². The SMILES string of the molecule is CN1CCC(COc2cnc(-c3cccc(Cn4c5c(ccc4=O)-c4cc(C#N)ccc4C5(F)F)c3)nc2)CC1. The van der Waals surface area contributed by atoms with E-state index in [9.17, 15) is 10.1 Å². The number of nitrogens with zero attached hydrogens (tertiary/aromatic N) is 5. The summed E-state index contributed by atoms with van der Waals surface area (Å²) in [4.78, 5) is 24.1. The molecule has 0 radical (unpaired) electrons. The number of ether oxygens (including phenoxy) is 1. The Kier molecular flexibility index (Phi) is 6.64. The number of hydrogen-bond donors (Lipinski definition) is 0. The fourth-order valence-corrected chi connectivity index (χ4v) is 5.50. The zero-order valence-corrected chi connectivity index (χ0v) is 22.0. The molecule has 3 heterocycles. The highest BCUT2D eigenvalue weighted by molar-refractivity contribution is 5.79. The Balaban J connectivity index is 1.23. The van der Waals surface area contributed by atoms with Crippen molar-refractivity contribution in [2.45, 2.75) is 25.3 Å². The Hall–Kier alpha value is -4.42. The minimum atomic E-state index is -3.37. The van der Waals surface area contributed by atoms with E-state index in [-0.39, 0.29) is 34.5 Å². The van der Waals surface area contributed by atoms with E-state index in [4.69, 9.17) is 4.74 Å². The highest BCUT2D eigenvalue weighted by Crippen LogP contribution is 2.50. The molecule has 7 nitrogen and oxygen atoms in total. The predicted octanol–water partition coefficient (Wildman–Crippen LogP) is 5.07. The molecule has 0 spiro atoms. The van der Waals surface area contributed by atoms with E-state index in [1.165, 1.54) is 30.3 Å². The molecule has 2 aliphatic rings. The van der Waals surface area contributed by atoms with Crippen molar-refractivity contribution in [3.05, 3.63) is 99.7 Å². The van der Waals surface area contributed by atoms with Crippen LogP contribution in [0.1, 0.15) is 35.2 Å². The van der Waals surface area contributed by atoms with Gasteiger partial charge in [-0.05, 0) is 74.3 Å². The van der Waals surface area contributed by atoms with E-state index >= 15 is 8.78 Å². The molecular formula is C31H27F2N5O2. The molecule has 1 aliphatic heterocycles. The average molecular weight is 540 g/mol. The van der Waals surface area contributed by atoms with E-state index in [2.05, 4.69) is 21.9 Å². The van der Waals surface area contributed by atoms with E-state index in [0.717, 1.165) is 30.5 Å². The second-order valence-corrected chi connectivity index (χ2v) is 10.5. The zero-order valence-electron chi connectivity index (χ0n) is 22.0. The van der Waals surface area contributed by atoms with Gasteiger partial charge in [0.25, 0.3) is 5.56 Å². The predicted molar refractivity (Wildman–Crippen MR) is 146 cm³/mol. The van der Waals surface area contributed by atoms with Crippen LogP contribution in [0.15, 0.2) is 71.8 Å². The second kappa shape index (κ2) is 10.3. The summed E-state index contributed by atoms with van der Waals surface area (Å²) in [6.07, 6.45) is 5.50. The molecule has 0 bridgehead atoms. The van der Waals surface area contributed by atoms with Gasteiger partial charge < -0.3 is 14.2 Å². The molecule has 6 rings (SSSR count). The molecule has 4 aromatic rings. The van der Waals surface area contributed by atoms with Crippen molar-refractivity contribution in [1.82, 2.24) is 19.4 Å². The molecule has 2 aromatic carbocycles. The first kappa shape index (κ1) is 25.8. The molecule has 2 aromatic heterocycles. The van der Waals surface area contributed by atoms with Crippen LogP contribution in [0.25, 0.3) is 22.5 Å². The van der Waals surface area contributed by atoms with Gasteiger partial charge in [-0.25, -0.2) is 9.97 Å². The number of fused-ring (bicyclic) bond motifs is 3. The molecule has 40 heavy (non-hydrogen) atoms. The van der Waals surface area contributed by atoms with Crippen LogP contribution in [0, 0.1) is 17.2 Å². The maximum Gasteiger partial charge on any atom is 0.314 e. The maximum absolute atomic E-state index is 15.6. The standard InChI is InChI=1S/C31H27F2N5O2/c1-37-11-9-20(10-12-37)19-40-24-16-35-30(36-17-24)23-4-2-3-22(13-23)18-38-28(39)8-6-25-26-14-21(15-34)5-7-27(26)31(32,33)29(25)38/h2-8,13-14,16-17,20H,9-12,18-19H2,1H3. The minimum absolute atomic E-state index is 0.0533. The summed E-state index contributed by atoms with van der Waals surface area (Å²) in [5.41, 5.74) is 1.07. The van der Waals surface area contributed by atoms with Gasteiger partial charge in [0.15, 0.2) is 11.6 Å². The van der Waals surface area contributed by atoms with Crippen LogP contribution in [0.2, 0.25) is 0 Å². The van der Waals surface area contributed by atoms with Crippen LogP contribution in [-0.4, -0.2) is 46.2 Å². The Morgan fingerprint density at radius 1 is 1.05 bits per heavy atom. The smallest absolute Gasteiger partial charge is 0.314 e. The third-order valence-corrected chi connectivity index (χ3v) is 7.74. The van der Waals surface area contributed by atoms with Crippen LogP contribution >= 0.6 is 0 Å². The number of benzene rings is 2. The number of alkyl halides is 2. The summed E-state index contributed by atoms with van der Waals surface area (Å²) in [5.74, 6) is -1.78. The van der Waals surface area contributed by atoms with Gasteiger partial charge in [-0.3, -0.25) is 4.79 Å². The lowest BCUT2D eigenvalue weighted by Crippen LogP contribution is -2.32. The van der Waals surface area contributed by atoms with Crippen molar-refractivity contribution in [2.75, 3.05) is 26.7 Å². The van der Waals surface area contributed by atoms with Crippen LogP contribution in [0.4, 0.5) is 8.78 Å². The van der Waals surface area contributed by atoms with Crippen LogP contribution in [0.5, 0.6) is 5.75 Å². The fourth-order valence-electron chi connectivity index (χ4n) is 5.50. The molecule has 1 saturated heterocycles. The topological polar surface area (TPSA) is 84.0 Å². The van der Waals surface area contributed by atoms with Crippen LogP contribution < -0.4 is 10.3 Å². The van der Waals surface area contributed by atoms with Gasteiger partial charge in [-0.1, -0.05) is 24.3 Å². The summed E-state index contributed by atoms with van der Waals surface area (Å²) < 4.78 is 38.3. The van der Waals surface area contributed by atoms with Crippen molar-refractivity contribution in [3.63, 3.8) is 0 Å². The van der Waals surface area contributed by atoms with E-state index in [1.54, 1.807) is 30.6 Å². The molecule has 0 N–H and O–H groups in total. The van der Waals surface area contributed by atoms with Crippen molar-refractivity contribution in [2.24, 2.45) is 5.92 Å². The molecule has 1 fully saturated rings. The highest BCUT2D eigenvalue weighted by Gasteiger charge is 2.47. The summed E-state index contributed by atoms with van der Waals surface area (Å²) in [5, 5.41) is 9.25. The third-order valence-electron chi connectivity index (χ3n) is 7.74. The highest BCUT2D eigenvalue weighted by atomic mass is 19.3. The molecule has 202 valence electrons. The number of halogens is 2. The number of nitriles is 1. The lowest BCUT2D eigenvalue weighted by Gasteiger charge is -2.28. The van der Waals surface area contributed by atoms with Crippen molar-refractivity contribution >= 4 is 0 Å². The van der Waals surface area contributed by atoms with E-state index in [0.29, 0.717) is 35.2 Å². The zero-order chi connectivity index (χ0) is 27.9. The van der Waals surface area contributed by atoms with E-state index in [1.807, 2.05) is 12.1 Å². The Morgan fingerprint density at radius 2 is 1.82 bits per heavy atom. The number of likely N-dealkylation sites (tertiary alicyclic amines) is 1. The quantitative estimate of drug-likeness (QED) is 0.340. The summed E-state index contributed by atoms with van der Waals surface area (Å²) in [6, 6.07) is 16.0. The number of pyridine rings is 1. The Morgan fingerprint density at radius 3 is 2.58 bits per heavy atom. The molecule has 0 amide bonds. The van der Waals surface area contributed by atoms with Gasteiger partial charge in [0.1, 0.15) is 5.69 Å². The van der Waals surface area contributed by atoms with Crippen molar-refractivity contribution in [1.29, 1.82) is 5.26 Å². The lowest BCUT2D eigenvalue weighted by atomic mass is 9.98. The number of rotatable bonds is 6. The minimum Gasteiger partial charge on any atom is -0.490 e. The molecule has 0 unspecified atom stereocenters. The molecule has 9 heteroatoms. The first-order valence-electron chi connectivity index (χ1n) is 13.2. The van der Waals surface area contributed by atoms with Gasteiger partial charge in [0, 0.05) is 22.8 Å². The van der Waals surface area contributed by atoms with Crippen LogP contribution in [0.3, 0.4) is 0 Å². The average Bonchev–Trinajstić information content (AvgIpc) is 3.20. The largest absolute Gasteiger partial charge is 0.490 e. The van der Waals surface area contributed by atoms with E-state index < -0.39 is 11.5 Å². The number of aromatic nitrogens is 3. The summed E-state index contributed by atoms with van der Waals surface area (Å²) >= 11 is 0. The molecular weight excluding hydrogens is 512 g/mol. The van der Waals surface area contributed by atoms with Gasteiger partial charge >= 0.3 is 5.92 Å². The third kappa shape index (κ3) is 4.75. The van der Waals surface area contributed by atoms with Crippen molar-refractivity contribution in [3.8, 4) is 34.3 Å². The molecule has 0 atom stereocenters. The maximum atomic E-state index is 15.6. The number of piperidine rings is 1. The monoisotopic (exact) mass is 539 g/mol. The Labute approximate surface area is 230 Å². The Bertz CT molecular complexity index is 1670. The second-order valence-electron chi connectivity index (χ2n) is 10.5. The van der Waals surface area contributed by atoms with Crippen molar-refractivity contribution < 1.29 is 13.5 Å². The summed E-state index contributed by atoms with van der Waals surface area (Å²) in [6.45, 7) is 2.73. The normalized spacial score (nSPS) is 16.2. The summed E-state index contributed by atoms with van der Waals surface area (Å²) in [7, 11) is 2.13. The molecule has 1 aliphatic carbocycles. The fraction of sp³-hybridized carbons (Fsp3) is 0.290. The van der Waals surface area contributed by atoms with Gasteiger partial charge in [0.2, 0.25) is 0 Å². The first-order valence-corrected chi connectivity index (χ1v) is 13.2. The van der Waals surface area contributed by atoms with Gasteiger partial charge in [0.05, 0.1) is 37.2 Å². The first-order chi connectivity index (χ1) is 19.3. The lowest BCUT2D eigenvalue weighted by molar-refractivity contribution is 0.0387.